The number of nitrogens with zero attached hydrogens (tertiary/aromatic N) is 1. The molecule has 2 aromatic heterocycles. The Hall–Kier alpha value is -2.11. The molecule has 1 saturated heterocycles. The summed E-state index contributed by atoms with van der Waals surface area (Å²) in [5, 5.41) is 3.28. The number of hydrogen-bond donors (Lipinski definition) is 2. The molecule has 0 radical (unpaired) electrons. The molecule has 4 nitrogen and oxygen atoms in total. The van der Waals surface area contributed by atoms with Crippen molar-refractivity contribution < 1.29 is 9.69 Å². The maximum absolute atomic E-state index is 12.4. The fourth-order valence-corrected chi connectivity index (χ4v) is 4.00. The number of rotatable bonds is 3. The second-order valence-electron chi connectivity index (χ2n) is 6.06. The number of aromatic nitrogens is 1. The molecule has 118 valence electrons. The van der Waals surface area contributed by atoms with Crippen molar-refractivity contribution in [2.45, 2.75) is 6.54 Å². The average Bonchev–Trinajstić information content (AvgIpc) is 3.25. The molecule has 0 bridgehead atoms. The lowest BCUT2D eigenvalue weighted by atomic mass is 10.1. The Balaban J connectivity index is 1.39. The molecule has 4 rings (SSSR count). The molecule has 0 atom stereocenters. The summed E-state index contributed by atoms with van der Waals surface area (Å²) in [4.78, 5) is 20.1. The van der Waals surface area contributed by atoms with Gasteiger partial charge in [0, 0.05) is 22.7 Å². The van der Waals surface area contributed by atoms with Crippen molar-refractivity contribution in [2.24, 2.45) is 0 Å². The molecule has 1 aliphatic heterocycles. The lowest BCUT2D eigenvalue weighted by Crippen LogP contribution is -3.13. The summed E-state index contributed by atoms with van der Waals surface area (Å²) < 4.78 is 0. The number of amides is 1. The summed E-state index contributed by atoms with van der Waals surface area (Å²) in [5.74, 6) is 0.186. The van der Waals surface area contributed by atoms with Gasteiger partial charge >= 0.3 is 0 Å². The van der Waals surface area contributed by atoms with E-state index in [1.807, 2.05) is 22.4 Å². The van der Waals surface area contributed by atoms with Crippen molar-refractivity contribution in [1.29, 1.82) is 0 Å². The standard InChI is InChI=1S/C18H19N3OS/c22-18(17-6-3-11-23-17)21-9-7-20(8-10-21)13-14-12-19-16-5-2-1-4-15(14)16/h1-6,11-12,19H,7-10,13H2/p+1. The Morgan fingerprint density at radius 3 is 2.78 bits per heavy atom. The van der Waals surface area contributed by atoms with Crippen molar-refractivity contribution in [3.05, 3.63) is 58.4 Å². The zero-order valence-electron chi connectivity index (χ0n) is 12.9. The SMILES string of the molecule is O=C(c1cccs1)N1CC[NH+](Cc2c[nH]c3ccccc23)CC1. The van der Waals surface area contributed by atoms with E-state index in [2.05, 4.69) is 35.4 Å². The number of hydrogen-bond acceptors (Lipinski definition) is 2. The fraction of sp³-hybridized carbons (Fsp3) is 0.278. The maximum atomic E-state index is 12.4. The van der Waals surface area contributed by atoms with Crippen LogP contribution in [0.2, 0.25) is 0 Å². The number of nitrogens with one attached hydrogen (secondary N) is 2. The number of aromatic amines is 1. The normalized spacial score (nSPS) is 16.1. The van der Waals surface area contributed by atoms with Gasteiger partial charge in [-0.1, -0.05) is 24.3 Å². The van der Waals surface area contributed by atoms with Crippen LogP contribution >= 0.6 is 11.3 Å². The number of thiophene rings is 1. The molecule has 0 aliphatic carbocycles. The smallest absolute Gasteiger partial charge is 0.264 e. The summed E-state index contributed by atoms with van der Waals surface area (Å²) >= 11 is 1.53. The number of H-pyrrole nitrogens is 1. The Morgan fingerprint density at radius 2 is 2.00 bits per heavy atom. The molecular weight excluding hydrogens is 306 g/mol. The van der Waals surface area contributed by atoms with E-state index >= 15 is 0 Å². The predicted molar refractivity (Wildman–Crippen MR) is 92.9 cm³/mol. The summed E-state index contributed by atoms with van der Waals surface area (Å²) in [6.45, 7) is 4.72. The molecule has 1 amide bonds. The van der Waals surface area contributed by atoms with Crippen LogP contribution < -0.4 is 4.90 Å². The number of benzene rings is 1. The number of fused-ring (bicyclic) bond motifs is 1. The third-order valence-corrected chi connectivity index (χ3v) is 5.46. The van der Waals surface area contributed by atoms with Crippen LogP contribution in [0.15, 0.2) is 48.0 Å². The first-order chi connectivity index (χ1) is 11.3. The first kappa shape index (κ1) is 14.5. The minimum absolute atomic E-state index is 0.186. The van der Waals surface area contributed by atoms with E-state index in [0.29, 0.717) is 0 Å². The maximum Gasteiger partial charge on any atom is 0.264 e. The molecule has 0 spiro atoms. The summed E-state index contributed by atoms with van der Waals surface area (Å²) in [5.41, 5.74) is 2.57. The van der Waals surface area contributed by atoms with Crippen LogP contribution in [0.25, 0.3) is 10.9 Å². The van der Waals surface area contributed by atoms with Gasteiger partial charge in [-0.3, -0.25) is 4.79 Å². The molecule has 3 aromatic rings. The molecule has 2 N–H and O–H groups in total. The van der Waals surface area contributed by atoms with Gasteiger partial charge in [-0.05, 0) is 17.5 Å². The highest BCUT2D eigenvalue weighted by atomic mass is 32.1. The number of piperazine rings is 1. The number of carbonyl (C=O) groups excluding carboxylic acids is 1. The van der Waals surface area contributed by atoms with Crippen LogP contribution in [0.1, 0.15) is 15.2 Å². The second-order valence-corrected chi connectivity index (χ2v) is 7.00. The number of quaternary nitrogens is 1. The summed E-state index contributed by atoms with van der Waals surface area (Å²) in [6, 6.07) is 12.3. The van der Waals surface area contributed by atoms with Crippen molar-refractivity contribution in [3.63, 3.8) is 0 Å². The van der Waals surface area contributed by atoms with Crippen LogP contribution in [-0.2, 0) is 6.54 Å². The van der Waals surface area contributed by atoms with Crippen LogP contribution in [0.4, 0.5) is 0 Å². The molecule has 5 heteroatoms. The lowest BCUT2D eigenvalue weighted by Gasteiger charge is -2.32. The Morgan fingerprint density at radius 1 is 1.17 bits per heavy atom. The molecule has 1 aliphatic rings. The van der Waals surface area contributed by atoms with E-state index in [1.165, 1.54) is 27.8 Å². The molecule has 0 saturated carbocycles. The van der Waals surface area contributed by atoms with Gasteiger partial charge in [0.15, 0.2) is 0 Å². The van der Waals surface area contributed by atoms with Gasteiger partial charge in [-0.25, -0.2) is 0 Å². The van der Waals surface area contributed by atoms with Gasteiger partial charge < -0.3 is 14.8 Å². The highest BCUT2D eigenvalue weighted by Crippen LogP contribution is 2.17. The van der Waals surface area contributed by atoms with E-state index in [1.54, 1.807) is 4.90 Å². The second kappa shape index (κ2) is 6.18. The van der Waals surface area contributed by atoms with E-state index in [9.17, 15) is 4.79 Å². The Kier molecular flexibility index (Phi) is 3.89. The van der Waals surface area contributed by atoms with Crippen LogP contribution in [0, 0.1) is 0 Å². The first-order valence-electron chi connectivity index (χ1n) is 8.02. The topological polar surface area (TPSA) is 40.5 Å². The monoisotopic (exact) mass is 326 g/mol. The van der Waals surface area contributed by atoms with E-state index in [4.69, 9.17) is 0 Å². The molecule has 23 heavy (non-hydrogen) atoms. The van der Waals surface area contributed by atoms with Crippen LogP contribution in [0.3, 0.4) is 0 Å². The first-order valence-corrected chi connectivity index (χ1v) is 8.90. The fourth-order valence-electron chi connectivity index (χ4n) is 3.31. The largest absolute Gasteiger partial charge is 0.361 e. The van der Waals surface area contributed by atoms with Crippen molar-refractivity contribution in [1.82, 2.24) is 9.88 Å². The minimum Gasteiger partial charge on any atom is -0.361 e. The number of carbonyl (C=O) groups is 1. The van der Waals surface area contributed by atoms with Crippen molar-refractivity contribution in [3.8, 4) is 0 Å². The molecule has 1 fully saturated rings. The zero-order chi connectivity index (χ0) is 15.6. The molecule has 3 heterocycles. The summed E-state index contributed by atoms with van der Waals surface area (Å²) in [7, 11) is 0. The zero-order valence-corrected chi connectivity index (χ0v) is 13.7. The Bertz CT molecular complexity index is 801. The highest BCUT2D eigenvalue weighted by molar-refractivity contribution is 7.12. The highest BCUT2D eigenvalue weighted by Gasteiger charge is 2.25. The Labute approximate surface area is 139 Å². The van der Waals surface area contributed by atoms with Crippen LogP contribution in [0.5, 0.6) is 0 Å². The van der Waals surface area contributed by atoms with Crippen LogP contribution in [-0.4, -0.2) is 42.0 Å². The van der Waals surface area contributed by atoms with E-state index in [0.717, 1.165) is 37.6 Å². The minimum atomic E-state index is 0.186. The quantitative estimate of drug-likeness (QED) is 0.757. The third-order valence-electron chi connectivity index (χ3n) is 4.61. The van der Waals surface area contributed by atoms with Gasteiger partial charge in [0.25, 0.3) is 5.91 Å². The van der Waals surface area contributed by atoms with Gasteiger partial charge in [-0.15, -0.1) is 11.3 Å². The van der Waals surface area contributed by atoms with E-state index in [-0.39, 0.29) is 5.91 Å². The molecular formula is C18H20N3OS+. The lowest BCUT2D eigenvalue weighted by molar-refractivity contribution is -0.917. The van der Waals surface area contributed by atoms with Gasteiger partial charge in [0.2, 0.25) is 0 Å². The summed E-state index contributed by atoms with van der Waals surface area (Å²) in [6.07, 6.45) is 2.13. The average molecular weight is 326 g/mol. The van der Waals surface area contributed by atoms with Gasteiger partial charge in [-0.2, -0.15) is 0 Å². The van der Waals surface area contributed by atoms with Gasteiger partial charge in [0.05, 0.1) is 31.1 Å². The third kappa shape index (κ3) is 2.90. The van der Waals surface area contributed by atoms with Crippen molar-refractivity contribution >= 4 is 28.1 Å². The molecule has 0 unspecified atom stereocenters. The van der Waals surface area contributed by atoms with Crippen molar-refractivity contribution in [2.75, 3.05) is 26.2 Å². The molecule has 1 aromatic carbocycles. The predicted octanol–water partition coefficient (Wildman–Crippen LogP) is 1.77. The number of para-hydroxylation sites is 1. The van der Waals surface area contributed by atoms with Gasteiger partial charge in [0.1, 0.15) is 6.54 Å². The van der Waals surface area contributed by atoms with E-state index < -0.39 is 0 Å².